The first kappa shape index (κ1) is 17.8. The summed E-state index contributed by atoms with van der Waals surface area (Å²) in [5.41, 5.74) is 2.80. The minimum Gasteiger partial charge on any atom is -0.378 e. The molecule has 0 unspecified atom stereocenters. The number of rotatable bonds is 2. The zero-order chi connectivity index (χ0) is 19.2. The Morgan fingerprint density at radius 1 is 0.828 bits per heavy atom. The first-order valence-electron chi connectivity index (χ1n) is 11.1. The summed E-state index contributed by atoms with van der Waals surface area (Å²) in [6, 6.07) is 0. The van der Waals surface area contributed by atoms with Gasteiger partial charge in [-0.25, -0.2) is 4.98 Å². The van der Waals surface area contributed by atoms with Crippen molar-refractivity contribution < 1.29 is 4.74 Å². The van der Waals surface area contributed by atoms with E-state index in [4.69, 9.17) is 9.72 Å². The number of fused-ring (bicyclic) bond motifs is 5. The molecular weight excluding hydrogens is 382 g/mol. The highest BCUT2D eigenvalue weighted by Crippen LogP contribution is 2.45. The summed E-state index contributed by atoms with van der Waals surface area (Å²) in [6.07, 6.45) is 10.6. The number of pyridine rings is 1. The van der Waals surface area contributed by atoms with E-state index in [0.717, 1.165) is 58.1 Å². The van der Waals surface area contributed by atoms with Crippen LogP contribution in [0.25, 0.3) is 20.2 Å². The van der Waals surface area contributed by atoms with E-state index in [9.17, 15) is 0 Å². The maximum Gasteiger partial charge on any atom is 0.169 e. The van der Waals surface area contributed by atoms with E-state index in [1.807, 2.05) is 17.5 Å². The second-order valence-electron chi connectivity index (χ2n) is 8.43. The molecule has 0 saturated carbocycles. The van der Waals surface area contributed by atoms with Crippen LogP contribution >= 0.6 is 11.3 Å². The number of thiophene rings is 1. The summed E-state index contributed by atoms with van der Waals surface area (Å²) < 4.78 is 8.19. The number of hydrogen-bond acceptors (Lipinski definition) is 7. The SMILES string of the molecule is c1nnc(N2CCOCC2)c2sc3c(N4CCCCC4)nc4c(c3c12)CCCC4. The van der Waals surface area contributed by atoms with Crippen molar-refractivity contribution in [3.63, 3.8) is 0 Å². The van der Waals surface area contributed by atoms with Crippen LogP contribution in [0.15, 0.2) is 6.20 Å². The molecule has 3 aromatic rings. The highest BCUT2D eigenvalue weighted by molar-refractivity contribution is 7.27. The third-order valence-corrected chi connectivity index (χ3v) is 7.84. The summed E-state index contributed by atoms with van der Waals surface area (Å²) in [6.45, 7) is 5.55. The molecule has 0 atom stereocenters. The molecule has 7 heteroatoms. The number of aromatic nitrogens is 3. The fourth-order valence-electron chi connectivity index (χ4n) is 5.14. The summed E-state index contributed by atoms with van der Waals surface area (Å²) in [7, 11) is 0. The molecule has 0 N–H and O–H groups in total. The maximum atomic E-state index is 5.56. The van der Waals surface area contributed by atoms with Gasteiger partial charge in [-0.1, -0.05) is 0 Å². The summed E-state index contributed by atoms with van der Waals surface area (Å²) in [5.74, 6) is 2.25. The third kappa shape index (κ3) is 2.97. The second kappa shape index (κ2) is 7.36. The van der Waals surface area contributed by atoms with Crippen molar-refractivity contribution in [1.29, 1.82) is 0 Å². The lowest BCUT2D eigenvalue weighted by molar-refractivity contribution is 0.122. The van der Waals surface area contributed by atoms with Gasteiger partial charge in [0.2, 0.25) is 0 Å². The third-order valence-electron chi connectivity index (χ3n) is 6.64. The van der Waals surface area contributed by atoms with Gasteiger partial charge in [0.15, 0.2) is 5.82 Å². The molecule has 0 bridgehead atoms. The molecule has 3 aliphatic rings. The molecule has 5 heterocycles. The van der Waals surface area contributed by atoms with Gasteiger partial charge in [-0.15, -0.1) is 16.4 Å². The molecule has 0 amide bonds. The number of aryl methyl sites for hydroxylation is 2. The molecule has 6 rings (SSSR count). The Hall–Kier alpha value is -1.99. The van der Waals surface area contributed by atoms with E-state index in [0.29, 0.717) is 0 Å². The van der Waals surface area contributed by atoms with Crippen molar-refractivity contribution in [3.8, 4) is 0 Å². The summed E-state index contributed by atoms with van der Waals surface area (Å²) in [4.78, 5) is 10.1. The van der Waals surface area contributed by atoms with Gasteiger partial charge < -0.3 is 14.5 Å². The molecule has 1 aliphatic carbocycles. The Kier molecular flexibility index (Phi) is 4.53. The van der Waals surface area contributed by atoms with E-state index in [-0.39, 0.29) is 0 Å². The topological polar surface area (TPSA) is 54.4 Å². The molecule has 0 aromatic carbocycles. The lowest BCUT2D eigenvalue weighted by atomic mass is 9.92. The number of hydrogen-bond donors (Lipinski definition) is 0. The van der Waals surface area contributed by atoms with Crippen LogP contribution in [0.1, 0.15) is 43.4 Å². The average Bonchev–Trinajstić information content (AvgIpc) is 3.20. The summed E-state index contributed by atoms with van der Waals surface area (Å²) >= 11 is 1.89. The van der Waals surface area contributed by atoms with Crippen molar-refractivity contribution in [1.82, 2.24) is 15.2 Å². The Morgan fingerprint density at radius 3 is 2.48 bits per heavy atom. The molecule has 6 nitrogen and oxygen atoms in total. The zero-order valence-corrected chi connectivity index (χ0v) is 17.6. The van der Waals surface area contributed by atoms with Crippen LogP contribution in [0.3, 0.4) is 0 Å². The molecule has 3 aromatic heterocycles. The van der Waals surface area contributed by atoms with Gasteiger partial charge in [0.25, 0.3) is 0 Å². The van der Waals surface area contributed by atoms with Gasteiger partial charge in [0.1, 0.15) is 5.82 Å². The van der Waals surface area contributed by atoms with Crippen LogP contribution < -0.4 is 9.80 Å². The van der Waals surface area contributed by atoms with Gasteiger partial charge in [0.05, 0.1) is 28.8 Å². The fourth-order valence-corrected chi connectivity index (χ4v) is 6.47. The Balaban J connectivity index is 1.60. The molecule has 152 valence electrons. The van der Waals surface area contributed by atoms with Crippen LogP contribution in [-0.4, -0.2) is 54.6 Å². The van der Waals surface area contributed by atoms with Crippen LogP contribution in [-0.2, 0) is 17.6 Å². The minimum atomic E-state index is 0.763. The molecule has 0 radical (unpaired) electrons. The first-order valence-corrected chi connectivity index (χ1v) is 11.9. The largest absolute Gasteiger partial charge is 0.378 e. The standard InChI is InChI=1S/C22H27N5OS/c1-4-8-26(9-5-1)21-20-18(15-6-2-3-7-17(15)24-21)16-14-23-25-22(19(16)29-20)27-10-12-28-13-11-27/h14H,1-13H2. The van der Waals surface area contributed by atoms with Crippen molar-refractivity contribution in [2.75, 3.05) is 49.2 Å². The summed E-state index contributed by atoms with van der Waals surface area (Å²) in [5, 5.41) is 11.7. The monoisotopic (exact) mass is 409 g/mol. The number of anilines is 2. The zero-order valence-electron chi connectivity index (χ0n) is 16.8. The lowest BCUT2D eigenvalue weighted by Gasteiger charge is -2.29. The van der Waals surface area contributed by atoms with Crippen molar-refractivity contribution >= 4 is 43.1 Å². The molecule has 2 fully saturated rings. The van der Waals surface area contributed by atoms with Gasteiger partial charge >= 0.3 is 0 Å². The van der Waals surface area contributed by atoms with Crippen molar-refractivity contribution in [3.05, 3.63) is 17.5 Å². The van der Waals surface area contributed by atoms with Crippen LogP contribution in [0, 0.1) is 0 Å². The van der Waals surface area contributed by atoms with Crippen LogP contribution in [0.4, 0.5) is 11.6 Å². The number of morpholine rings is 1. The molecule has 2 saturated heterocycles. The van der Waals surface area contributed by atoms with E-state index < -0.39 is 0 Å². The minimum absolute atomic E-state index is 0.763. The second-order valence-corrected chi connectivity index (χ2v) is 9.45. The number of piperidine rings is 1. The van der Waals surface area contributed by atoms with E-state index in [2.05, 4.69) is 20.0 Å². The van der Waals surface area contributed by atoms with E-state index in [1.165, 1.54) is 69.4 Å². The van der Waals surface area contributed by atoms with E-state index >= 15 is 0 Å². The normalized spacial score (nSPS) is 20.4. The van der Waals surface area contributed by atoms with Crippen LogP contribution in [0.2, 0.25) is 0 Å². The molecular formula is C22H27N5OS. The van der Waals surface area contributed by atoms with Crippen molar-refractivity contribution in [2.45, 2.75) is 44.9 Å². The number of ether oxygens (including phenoxy) is 1. The number of nitrogens with zero attached hydrogens (tertiary/aromatic N) is 5. The van der Waals surface area contributed by atoms with Gasteiger partial charge in [-0.3, -0.25) is 0 Å². The highest BCUT2D eigenvalue weighted by atomic mass is 32.1. The van der Waals surface area contributed by atoms with Crippen LogP contribution in [0.5, 0.6) is 0 Å². The van der Waals surface area contributed by atoms with Gasteiger partial charge in [-0.2, -0.15) is 5.10 Å². The Bertz CT molecular complexity index is 1050. The van der Waals surface area contributed by atoms with E-state index in [1.54, 1.807) is 0 Å². The smallest absolute Gasteiger partial charge is 0.169 e. The van der Waals surface area contributed by atoms with Crippen molar-refractivity contribution in [2.24, 2.45) is 0 Å². The Morgan fingerprint density at radius 2 is 1.62 bits per heavy atom. The average molecular weight is 410 g/mol. The predicted molar refractivity (Wildman–Crippen MR) is 118 cm³/mol. The quantitative estimate of drug-likeness (QED) is 0.639. The molecule has 0 spiro atoms. The molecule has 2 aliphatic heterocycles. The molecule has 29 heavy (non-hydrogen) atoms. The van der Waals surface area contributed by atoms with Gasteiger partial charge in [0, 0.05) is 42.6 Å². The fraction of sp³-hybridized carbons (Fsp3) is 0.591. The lowest BCUT2D eigenvalue weighted by Crippen LogP contribution is -2.36. The highest BCUT2D eigenvalue weighted by Gasteiger charge is 2.26. The Labute approximate surface area is 174 Å². The maximum absolute atomic E-state index is 5.56. The van der Waals surface area contributed by atoms with Gasteiger partial charge in [-0.05, 0) is 50.5 Å². The predicted octanol–water partition coefficient (Wildman–Crippen LogP) is 3.95. The first-order chi connectivity index (χ1) is 14.4.